The van der Waals surface area contributed by atoms with E-state index in [4.69, 9.17) is 0 Å². The van der Waals surface area contributed by atoms with Gasteiger partial charge in [0.1, 0.15) is 0 Å². The minimum atomic E-state index is 0.905. The van der Waals surface area contributed by atoms with Crippen LogP contribution in [0.25, 0.3) is 0 Å². The summed E-state index contributed by atoms with van der Waals surface area (Å²) in [6.07, 6.45) is 9.14. The highest BCUT2D eigenvalue weighted by Gasteiger charge is 2.18. The molecule has 1 aromatic heterocycles. The summed E-state index contributed by atoms with van der Waals surface area (Å²) in [4.78, 5) is 6.64. The molecular formula is C14H22N2. The summed E-state index contributed by atoms with van der Waals surface area (Å²) in [5.74, 6) is 0.905. The van der Waals surface area contributed by atoms with Gasteiger partial charge in [0.25, 0.3) is 0 Å². The summed E-state index contributed by atoms with van der Waals surface area (Å²) in [6.45, 7) is 6.10. The lowest BCUT2D eigenvalue weighted by atomic mass is 9.92. The predicted molar refractivity (Wildman–Crippen MR) is 67.4 cm³/mol. The first-order valence-electron chi connectivity index (χ1n) is 6.49. The molecule has 2 rings (SSSR count). The largest absolute Gasteiger partial charge is 0.303 e. The van der Waals surface area contributed by atoms with Crippen LogP contribution in [0.4, 0.5) is 0 Å². The fourth-order valence-corrected chi connectivity index (χ4v) is 2.59. The summed E-state index contributed by atoms with van der Waals surface area (Å²) in [5, 5.41) is 0. The predicted octanol–water partition coefficient (Wildman–Crippen LogP) is 2.75. The van der Waals surface area contributed by atoms with E-state index in [-0.39, 0.29) is 0 Å². The minimum Gasteiger partial charge on any atom is -0.303 e. The summed E-state index contributed by atoms with van der Waals surface area (Å²) in [5.41, 5.74) is 1.43. The second-order valence-corrected chi connectivity index (χ2v) is 4.80. The maximum absolute atomic E-state index is 4.06. The van der Waals surface area contributed by atoms with Gasteiger partial charge in [0.05, 0.1) is 0 Å². The van der Waals surface area contributed by atoms with Gasteiger partial charge in [-0.25, -0.2) is 0 Å². The lowest BCUT2D eigenvalue weighted by Crippen LogP contribution is -2.35. The average molecular weight is 218 g/mol. The molecule has 0 amide bonds. The number of nitrogens with zero attached hydrogens (tertiary/aromatic N) is 2. The van der Waals surface area contributed by atoms with Gasteiger partial charge in [0.2, 0.25) is 0 Å². The van der Waals surface area contributed by atoms with Gasteiger partial charge in [-0.15, -0.1) is 0 Å². The molecule has 0 N–H and O–H groups in total. The van der Waals surface area contributed by atoms with Crippen LogP contribution in [0.1, 0.15) is 31.7 Å². The van der Waals surface area contributed by atoms with Crippen LogP contribution >= 0.6 is 0 Å². The van der Waals surface area contributed by atoms with Gasteiger partial charge < -0.3 is 4.90 Å². The molecule has 0 spiro atoms. The summed E-state index contributed by atoms with van der Waals surface area (Å²) in [6, 6.07) is 4.28. The zero-order valence-electron chi connectivity index (χ0n) is 10.2. The summed E-state index contributed by atoms with van der Waals surface area (Å²) in [7, 11) is 0. The molecule has 2 heteroatoms. The third-order valence-electron chi connectivity index (χ3n) is 3.64. The minimum absolute atomic E-state index is 0.905. The molecule has 1 aliphatic rings. The molecule has 16 heavy (non-hydrogen) atoms. The number of hydrogen-bond acceptors (Lipinski definition) is 2. The van der Waals surface area contributed by atoms with Crippen LogP contribution in [0.3, 0.4) is 0 Å². The van der Waals surface area contributed by atoms with E-state index < -0.39 is 0 Å². The standard InChI is InChI=1S/C14H22N2/c1-2-16-11-3-4-14(12-16)6-5-13-7-9-15-10-8-13/h7-10,14H,2-6,11-12H2,1H3. The number of pyridine rings is 1. The first-order valence-corrected chi connectivity index (χ1v) is 6.49. The van der Waals surface area contributed by atoms with E-state index >= 15 is 0 Å². The third kappa shape index (κ3) is 3.31. The van der Waals surface area contributed by atoms with Crippen molar-refractivity contribution >= 4 is 0 Å². The van der Waals surface area contributed by atoms with Crippen molar-refractivity contribution in [3.63, 3.8) is 0 Å². The molecule has 0 saturated carbocycles. The van der Waals surface area contributed by atoms with E-state index in [2.05, 4.69) is 28.9 Å². The van der Waals surface area contributed by atoms with Gasteiger partial charge in [-0.2, -0.15) is 0 Å². The monoisotopic (exact) mass is 218 g/mol. The normalized spacial score (nSPS) is 22.2. The molecule has 1 fully saturated rings. The number of hydrogen-bond donors (Lipinski definition) is 0. The maximum Gasteiger partial charge on any atom is 0.0270 e. The maximum atomic E-state index is 4.06. The van der Waals surface area contributed by atoms with Crippen LogP contribution in [0.15, 0.2) is 24.5 Å². The Bertz CT molecular complexity index is 297. The zero-order chi connectivity index (χ0) is 11.2. The van der Waals surface area contributed by atoms with Crippen LogP contribution in [-0.2, 0) is 6.42 Å². The van der Waals surface area contributed by atoms with Crippen LogP contribution in [0, 0.1) is 5.92 Å². The SMILES string of the molecule is CCN1CCCC(CCc2ccncc2)C1. The summed E-state index contributed by atoms with van der Waals surface area (Å²) >= 11 is 0. The Morgan fingerprint density at radius 3 is 2.94 bits per heavy atom. The van der Waals surface area contributed by atoms with Crippen molar-refractivity contribution in [2.75, 3.05) is 19.6 Å². The van der Waals surface area contributed by atoms with Gasteiger partial charge >= 0.3 is 0 Å². The second-order valence-electron chi connectivity index (χ2n) is 4.80. The van der Waals surface area contributed by atoms with Crippen molar-refractivity contribution in [2.45, 2.75) is 32.6 Å². The van der Waals surface area contributed by atoms with E-state index in [9.17, 15) is 0 Å². The molecule has 1 aliphatic heterocycles. The number of aromatic nitrogens is 1. The van der Waals surface area contributed by atoms with Gasteiger partial charge in [0, 0.05) is 18.9 Å². The molecule has 2 heterocycles. The topological polar surface area (TPSA) is 16.1 Å². The molecule has 88 valence electrons. The quantitative estimate of drug-likeness (QED) is 0.772. The Morgan fingerprint density at radius 1 is 1.38 bits per heavy atom. The van der Waals surface area contributed by atoms with Crippen LogP contribution in [-0.4, -0.2) is 29.5 Å². The highest BCUT2D eigenvalue weighted by molar-refractivity contribution is 5.09. The Kier molecular flexibility index (Phi) is 4.34. The van der Waals surface area contributed by atoms with Gasteiger partial charge in [-0.1, -0.05) is 6.92 Å². The van der Waals surface area contributed by atoms with Gasteiger partial charge in [-0.05, 0) is 62.4 Å². The highest BCUT2D eigenvalue weighted by Crippen LogP contribution is 2.21. The fourth-order valence-electron chi connectivity index (χ4n) is 2.59. The smallest absolute Gasteiger partial charge is 0.0270 e. The molecule has 1 aromatic rings. The number of likely N-dealkylation sites (tertiary alicyclic amines) is 1. The van der Waals surface area contributed by atoms with E-state index in [1.54, 1.807) is 0 Å². The van der Waals surface area contributed by atoms with Crippen molar-refractivity contribution in [2.24, 2.45) is 5.92 Å². The van der Waals surface area contributed by atoms with Crippen LogP contribution in [0.2, 0.25) is 0 Å². The van der Waals surface area contributed by atoms with Crippen LogP contribution in [0.5, 0.6) is 0 Å². The molecule has 0 aromatic carbocycles. The number of aryl methyl sites for hydroxylation is 1. The molecule has 0 radical (unpaired) electrons. The van der Waals surface area contributed by atoms with E-state index in [0.29, 0.717) is 0 Å². The molecular weight excluding hydrogens is 196 g/mol. The summed E-state index contributed by atoms with van der Waals surface area (Å²) < 4.78 is 0. The van der Waals surface area contributed by atoms with Crippen molar-refractivity contribution in [1.29, 1.82) is 0 Å². The molecule has 0 aliphatic carbocycles. The third-order valence-corrected chi connectivity index (χ3v) is 3.64. The molecule has 2 nitrogen and oxygen atoms in total. The van der Waals surface area contributed by atoms with E-state index in [0.717, 1.165) is 5.92 Å². The Labute approximate surface area is 98.7 Å². The first-order chi connectivity index (χ1) is 7.88. The zero-order valence-corrected chi connectivity index (χ0v) is 10.2. The van der Waals surface area contributed by atoms with Crippen molar-refractivity contribution < 1.29 is 0 Å². The van der Waals surface area contributed by atoms with Crippen LogP contribution < -0.4 is 0 Å². The molecule has 1 saturated heterocycles. The lowest BCUT2D eigenvalue weighted by Gasteiger charge is -2.31. The average Bonchev–Trinajstić information content (AvgIpc) is 2.38. The fraction of sp³-hybridized carbons (Fsp3) is 0.643. The Morgan fingerprint density at radius 2 is 2.19 bits per heavy atom. The molecule has 1 atom stereocenters. The molecule has 1 unspecified atom stereocenters. The Hall–Kier alpha value is -0.890. The Balaban J connectivity index is 1.77. The lowest BCUT2D eigenvalue weighted by molar-refractivity contribution is 0.176. The van der Waals surface area contributed by atoms with Crippen molar-refractivity contribution in [1.82, 2.24) is 9.88 Å². The number of rotatable bonds is 4. The van der Waals surface area contributed by atoms with Crippen molar-refractivity contribution in [3.05, 3.63) is 30.1 Å². The first kappa shape index (κ1) is 11.6. The van der Waals surface area contributed by atoms with E-state index in [1.165, 1.54) is 50.9 Å². The molecule has 0 bridgehead atoms. The van der Waals surface area contributed by atoms with Gasteiger partial charge in [-0.3, -0.25) is 4.98 Å². The highest BCUT2D eigenvalue weighted by atomic mass is 15.1. The van der Waals surface area contributed by atoms with Gasteiger partial charge in [0.15, 0.2) is 0 Å². The van der Waals surface area contributed by atoms with Crippen molar-refractivity contribution in [3.8, 4) is 0 Å². The number of piperidine rings is 1. The second kappa shape index (κ2) is 6.00. The van der Waals surface area contributed by atoms with E-state index in [1.807, 2.05) is 12.4 Å².